The first kappa shape index (κ1) is 22.1. The van der Waals surface area contributed by atoms with Crippen LogP contribution in [0.2, 0.25) is 0 Å². The van der Waals surface area contributed by atoms with Crippen molar-refractivity contribution < 1.29 is 19.0 Å². The Kier molecular flexibility index (Phi) is 5.95. The number of fused-ring (bicyclic) bond motifs is 5. The minimum absolute atomic E-state index is 0.103. The van der Waals surface area contributed by atoms with Crippen LogP contribution in [0.25, 0.3) is 10.9 Å². The number of nitrogens with one attached hydrogen (secondary N) is 1. The Balaban J connectivity index is 1.56. The molecule has 1 saturated heterocycles. The van der Waals surface area contributed by atoms with E-state index in [4.69, 9.17) is 14.2 Å². The third-order valence-corrected chi connectivity index (χ3v) is 7.96. The van der Waals surface area contributed by atoms with Crippen LogP contribution in [0.15, 0.2) is 42.4 Å². The van der Waals surface area contributed by atoms with Gasteiger partial charge in [-0.3, -0.25) is 4.90 Å². The fourth-order valence-electron chi connectivity index (χ4n) is 6.31. The number of hydrogen-bond donors (Lipinski definition) is 1. The lowest BCUT2D eigenvalue weighted by atomic mass is 9.74. The van der Waals surface area contributed by atoms with Gasteiger partial charge in [0.05, 0.1) is 38.4 Å². The fourth-order valence-corrected chi connectivity index (χ4v) is 6.31. The molecule has 2 unspecified atom stereocenters. The first-order valence-corrected chi connectivity index (χ1v) is 12.1. The van der Waals surface area contributed by atoms with Gasteiger partial charge in [-0.25, -0.2) is 4.79 Å². The maximum atomic E-state index is 12.6. The van der Waals surface area contributed by atoms with Crippen molar-refractivity contribution in [2.24, 2.45) is 11.8 Å². The maximum absolute atomic E-state index is 12.6. The van der Waals surface area contributed by atoms with Crippen LogP contribution in [0.4, 0.5) is 0 Å². The number of methoxy groups -OCH3 is 2. The number of esters is 1. The zero-order valence-electron chi connectivity index (χ0n) is 20.0. The molecule has 33 heavy (non-hydrogen) atoms. The molecular formula is C27H34N2O4. The molecule has 0 amide bonds. The summed E-state index contributed by atoms with van der Waals surface area (Å²) in [6.07, 6.45) is 8.68. The first-order valence-electron chi connectivity index (χ1n) is 12.1. The van der Waals surface area contributed by atoms with Crippen LogP contribution in [0.3, 0.4) is 0 Å². The van der Waals surface area contributed by atoms with E-state index >= 15 is 0 Å². The topological polar surface area (TPSA) is 63.8 Å². The highest BCUT2D eigenvalue weighted by molar-refractivity contribution is 5.90. The van der Waals surface area contributed by atoms with Gasteiger partial charge in [-0.05, 0) is 54.9 Å². The van der Waals surface area contributed by atoms with Crippen LogP contribution >= 0.6 is 0 Å². The van der Waals surface area contributed by atoms with Crippen molar-refractivity contribution in [1.29, 1.82) is 0 Å². The molecule has 0 aliphatic carbocycles. The van der Waals surface area contributed by atoms with Crippen molar-refractivity contribution >= 4 is 16.9 Å². The Hall–Kier alpha value is -2.73. The van der Waals surface area contributed by atoms with E-state index in [1.54, 1.807) is 13.4 Å². The minimum atomic E-state index is -0.286. The molecule has 0 bridgehead atoms. The molecular weight excluding hydrogens is 416 g/mol. The largest absolute Gasteiger partial charge is 0.504 e. The molecule has 3 aliphatic heterocycles. The summed E-state index contributed by atoms with van der Waals surface area (Å²) in [4.78, 5) is 19.0. The summed E-state index contributed by atoms with van der Waals surface area (Å²) in [5.41, 5.74) is 5.92. The number of piperidine rings is 1. The van der Waals surface area contributed by atoms with Crippen LogP contribution in [-0.2, 0) is 25.4 Å². The van der Waals surface area contributed by atoms with E-state index in [0.29, 0.717) is 11.5 Å². The molecule has 5 rings (SSSR count). The monoisotopic (exact) mass is 450 g/mol. The number of nitrogens with zero attached hydrogens (tertiary/aromatic N) is 1. The molecule has 4 heterocycles. The van der Waals surface area contributed by atoms with E-state index in [9.17, 15) is 4.79 Å². The predicted molar refractivity (Wildman–Crippen MR) is 128 cm³/mol. The number of carbonyl (C=O) groups excluding carboxylic acids is 1. The van der Waals surface area contributed by atoms with Gasteiger partial charge in [0.25, 0.3) is 0 Å². The average Bonchev–Trinajstić information content (AvgIpc) is 3.44. The molecule has 1 fully saturated rings. The van der Waals surface area contributed by atoms with Gasteiger partial charge >= 0.3 is 5.97 Å². The van der Waals surface area contributed by atoms with Crippen LogP contribution < -0.4 is 0 Å². The van der Waals surface area contributed by atoms with E-state index in [1.807, 2.05) is 6.26 Å². The number of rotatable bonds is 5. The van der Waals surface area contributed by atoms with E-state index < -0.39 is 0 Å². The lowest BCUT2D eigenvalue weighted by Crippen LogP contribution is -2.47. The van der Waals surface area contributed by atoms with E-state index in [-0.39, 0.29) is 30.0 Å². The standard InChI is InChI=1S/C27H34N2O4/c1-5-17-14-29-11-9-20-25-19(18-10-12-33-16(18)2)7-6-8-23(25)28-26(20)24(29)13-21(17)22(15-31-3)27(30)32-4/h6-8,10,12,15-18,21,24,28H,5,9,11,13-14H2,1-4H3/b22-15+/t16?,17-,18?,21+,24+/m1/s1. The second-order valence-corrected chi connectivity index (χ2v) is 9.55. The van der Waals surface area contributed by atoms with Crippen LogP contribution in [0.1, 0.15) is 55.5 Å². The highest BCUT2D eigenvalue weighted by atomic mass is 16.5. The number of aromatic nitrogens is 1. The van der Waals surface area contributed by atoms with Crippen LogP contribution in [0, 0.1) is 11.8 Å². The van der Waals surface area contributed by atoms with Gasteiger partial charge in [0.15, 0.2) is 0 Å². The maximum Gasteiger partial charge on any atom is 0.337 e. The highest BCUT2D eigenvalue weighted by Crippen LogP contribution is 2.47. The van der Waals surface area contributed by atoms with Crippen LogP contribution in [-0.4, -0.2) is 49.3 Å². The van der Waals surface area contributed by atoms with Gasteiger partial charge in [0.2, 0.25) is 0 Å². The van der Waals surface area contributed by atoms with Crippen molar-refractivity contribution in [1.82, 2.24) is 9.88 Å². The third-order valence-electron chi connectivity index (χ3n) is 7.96. The van der Waals surface area contributed by atoms with Gasteiger partial charge < -0.3 is 19.2 Å². The van der Waals surface area contributed by atoms with Gasteiger partial charge in [-0.1, -0.05) is 25.5 Å². The SMILES string of the molecule is CC[C@@H]1CN2CCc3c([nH]c4cccc(C5C=COC5C)c34)[C@@H]2C[C@@H]1/C(=C\OC)C(=O)OC. The molecule has 3 aliphatic rings. The third kappa shape index (κ3) is 3.65. The molecule has 1 aromatic heterocycles. The smallest absolute Gasteiger partial charge is 0.337 e. The second-order valence-electron chi connectivity index (χ2n) is 9.55. The Morgan fingerprint density at radius 1 is 1.33 bits per heavy atom. The molecule has 0 saturated carbocycles. The molecule has 176 valence electrons. The summed E-state index contributed by atoms with van der Waals surface area (Å²) in [5.74, 6) is 0.480. The zero-order valence-corrected chi connectivity index (χ0v) is 20.0. The van der Waals surface area contributed by atoms with Crippen molar-refractivity contribution in [3.63, 3.8) is 0 Å². The van der Waals surface area contributed by atoms with E-state index in [0.717, 1.165) is 32.4 Å². The van der Waals surface area contributed by atoms with Crippen molar-refractivity contribution in [3.05, 3.63) is 59.2 Å². The molecule has 0 radical (unpaired) electrons. The van der Waals surface area contributed by atoms with Crippen LogP contribution in [0.5, 0.6) is 0 Å². The Bertz CT molecular complexity index is 1100. The molecule has 6 heteroatoms. The summed E-state index contributed by atoms with van der Waals surface area (Å²) in [5, 5.41) is 1.36. The Morgan fingerprint density at radius 3 is 2.88 bits per heavy atom. The number of hydrogen-bond acceptors (Lipinski definition) is 5. The summed E-state index contributed by atoms with van der Waals surface area (Å²) < 4.78 is 16.2. The fraction of sp³-hybridized carbons (Fsp3) is 0.519. The minimum Gasteiger partial charge on any atom is -0.504 e. The van der Waals surface area contributed by atoms with Gasteiger partial charge in [-0.15, -0.1) is 0 Å². The molecule has 5 atom stereocenters. The molecule has 1 N–H and O–H groups in total. The zero-order chi connectivity index (χ0) is 23.1. The van der Waals surface area contributed by atoms with Gasteiger partial charge in [0.1, 0.15) is 6.10 Å². The summed E-state index contributed by atoms with van der Waals surface area (Å²) in [6, 6.07) is 6.82. The van der Waals surface area contributed by atoms with E-state index in [2.05, 4.69) is 48.0 Å². The van der Waals surface area contributed by atoms with Gasteiger partial charge in [0, 0.05) is 35.6 Å². The quantitative estimate of drug-likeness (QED) is 0.402. The number of benzene rings is 1. The molecule has 6 nitrogen and oxygen atoms in total. The normalized spacial score (nSPS) is 29.5. The summed E-state index contributed by atoms with van der Waals surface area (Å²) in [7, 11) is 3.04. The lowest BCUT2D eigenvalue weighted by Gasteiger charge is -2.46. The number of H-pyrrole nitrogens is 1. The number of aromatic amines is 1. The summed E-state index contributed by atoms with van der Waals surface area (Å²) >= 11 is 0. The Morgan fingerprint density at radius 2 is 2.18 bits per heavy atom. The van der Waals surface area contributed by atoms with Gasteiger partial charge in [-0.2, -0.15) is 0 Å². The summed E-state index contributed by atoms with van der Waals surface area (Å²) in [6.45, 7) is 6.36. The van der Waals surface area contributed by atoms with Crippen molar-refractivity contribution in [2.45, 2.75) is 51.2 Å². The average molecular weight is 451 g/mol. The highest BCUT2D eigenvalue weighted by Gasteiger charge is 2.43. The van der Waals surface area contributed by atoms with E-state index in [1.165, 1.54) is 34.8 Å². The number of carbonyl (C=O) groups is 1. The van der Waals surface area contributed by atoms with Crippen molar-refractivity contribution in [3.8, 4) is 0 Å². The molecule has 1 aromatic carbocycles. The predicted octanol–water partition coefficient (Wildman–Crippen LogP) is 4.83. The second kappa shape index (κ2) is 8.90. The number of ether oxygens (including phenoxy) is 3. The first-order chi connectivity index (χ1) is 16.1. The lowest BCUT2D eigenvalue weighted by molar-refractivity contribution is -0.137. The van der Waals surface area contributed by atoms with Crippen molar-refractivity contribution in [2.75, 3.05) is 27.3 Å². The Labute approximate surface area is 195 Å². The molecule has 0 spiro atoms. The molecule has 2 aromatic rings.